The molecule has 0 aliphatic rings. The van der Waals surface area contributed by atoms with Gasteiger partial charge in [-0.15, -0.1) is 0 Å². The van der Waals surface area contributed by atoms with E-state index < -0.39 is 0 Å². The van der Waals surface area contributed by atoms with Gasteiger partial charge in [0.15, 0.2) is 17.5 Å². The summed E-state index contributed by atoms with van der Waals surface area (Å²) in [5.74, 6) is 1.81. The highest BCUT2D eigenvalue weighted by Crippen LogP contribution is 2.34. The molecule has 0 spiro atoms. The maximum absolute atomic E-state index is 5.22. The lowest BCUT2D eigenvalue weighted by Gasteiger charge is -2.12. The summed E-state index contributed by atoms with van der Waals surface area (Å²) in [6, 6.07) is 57.9. The van der Waals surface area contributed by atoms with Gasteiger partial charge in [-0.2, -0.15) is 0 Å². The summed E-state index contributed by atoms with van der Waals surface area (Å²) in [4.78, 5) is 30.1. The van der Waals surface area contributed by atoms with Gasteiger partial charge in [0.25, 0.3) is 0 Å². The Balaban J connectivity index is 1.05. The average Bonchev–Trinajstić information content (AvgIpc) is 3.26. The number of nitrogens with zero attached hydrogens (tertiary/aromatic N) is 6. The summed E-state index contributed by atoms with van der Waals surface area (Å²) in [6.45, 7) is 2.14. The van der Waals surface area contributed by atoms with Crippen molar-refractivity contribution in [3.05, 3.63) is 182 Å². The maximum atomic E-state index is 5.22. The Bertz CT molecular complexity index is 3030. The van der Waals surface area contributed by atoms with Gasteiger partial charge < -0.3 is 0 Å². The SMILES string of the molecule is Cc1cc(-c2ccc(-c3nc(-c4ccccc4)nc(-c4cccc(-c5cccc6cccnc56)c4)n3)cc2)nc2c1ccc1ccc(-c3ccccc3)nc12. The number of aryl methyl sites for hydroxylation is 1. The smallest absolute Gasteiger partial charge is 0.164 e. The molecule has 55 heavy (non-hydrogen) atoms. The second-order valence-electron chi connectivity index (χ2n) is 13.6. The van der Waals surface area contributed by atoms with Gasteiger partial charge in [0.05, 0.1) is 27.9 Å². The van der Waals surface area contributed by atoms with Crippen LogP contribution in [0, 0.1) is 6.92 Å². The Morgan fingerprint density at radius 2 is 0.909 bits per heavy atom. The molecule has 0 bridgehead atoms. The van der Waals surface area contributed by atoms with E-state index in [-0.39, 0.29) is 0 Å². The van der Waals surface area contributed by atoms with Gasteiger partial charge in [-0.05, 0) is 42.3 Å². The van der Waals surface area contributed by atoms with E-state index in [1.807, 2.05) is 72.9 Å². The van der Waals surface area contributed by atoms with E-state index in [9.17, 15) is 0 Å². The molecular weight excluding hydrogens is 673 g/mol. The first-order chi connectivity index (χ1) is 27.1. The number of benzene rings is 6. The van der Waals surface area contributed by atoms with Gasteiger partial charge in [-0.3, -0.25) is 4.98 Å². The van der Waals surface area contributed by atoms with Crippen molar-refractivity contribution in [2.24, 2.45) is 0 Å². The molecule has 258 valence electrons. The molecule has 0 aliphatic heterocycles. The van der Waals surface area contributed by atoms with E-state index in [0.717, 1.165) is 88.6 Å². The highest BCUT2D eigenvalue weighted by atomic mass is 15.0. The second kappa shape index (κ2) is 13.5. The van der Waals surface area contributed by atoms with Crippen LogP contribution in [0.25, 0.3) is 101 Å². The first kappa shape index (κ1) is 32.2. The van der Waals surface area contributed by atoms with Crippen molar-refractivity contribution in [2.45, 2.75) is 6.92 Å². The normalized spacial score (nSPS) is 11.4. The van der Waals surface area contributed by atoms with Crippen molar-refractivity contribution < 1.29 is 0 Å². The molecule has 0 fully saturated rings. The molecule has 0 aliphatic carbocycles. The zero-order chi connectivity index (χ0) is 36.7. The lowest BCUT2D eigenvalue weighted by Crippen LogP contribution is -2.00. The van der Waals surface area contributed by atoms with E-state index in [1.54, 1.807) is 0 Å². The molecule has 6 heteroatoms. The number of aromatic nitrogens is 6. The van der Waals surface area contributed by atoms with Gasteiger partial charge >= 0.3 is 0 Å². The topological polar surface area (TPSA) is 77.3 Å². The number of para-hydroxylation sites is 1. The molecule has 0 unspecified atom stereocenters. The standard InChI is InChI=1S/C49H32N6/c1-31-29-43(52-46-40(31)26-24-35-25-27-42(51-45(35)46)32-11-4-2-5-12-32)33-20-22-37(23-21-33)48-53-47(36-13-6-3-7-14-36)54-49(55-48)39-17-8-16-38(30-39)41-19-9-15-34-18-10-28-50-44(34)41/h2-30H,1H3. The molecule has 0 amide bonds. The third kappa shape index (κ3) is 6.06. The van der Waals surface area contributed by atoms with Crippen molar-refractivity contribution in [1.29, 1.82) is 0 Å². The van der Waals surface area contributed by atoms with Crippen molar-refractivity contribution in [3.8, 4) is 67.8 Å². The summed E-state index contributed by atoms with van der Waals surface area (Å²) >= 11 is 0. The fraction of sp³-hybridized carbons (Fsp3) is 0.0204. The average molecular weight is 705 g/mol. The van der Waals surface area contributed by atoms with Gasteiger partial charge in [0, 0.05) is 55.7 Å². The van der Waals surface area contributed by atoms with Crippen LogP contribution >= 0.6 is 0 Å². The predicted molar refractivity (Wildman–Crippen MR) is 223 cm³/mol. The first-order valence-corrected chi connectivity index (χ1v) is 18.3. The number of hydrogen-bond acceptors (Lipinski definition) is 6. The Morgan fingerprint density at radius 3 is 1.69 bits per heavy atom. The monoisotopic (exact) mass is 704 g/mol. The quantitative estimate of drug-likeness (QED) is 0.160. The molecule has 0 saturated heterocycles. The van der Waals surface area contributed by atoms with Crippen LogP contribution in [-0.2, 0) is 0 Å². The Kier molecular flexibility index (Phi) is 7.92. The third-order valence-electron chi connectivity index (χ3n) is 10.1. The molecule has 10 aromatic rings. The molecule has 4 heterocycles. The Labute approximate surface area is 318 Å². The Morgan fingerprint density at radius 1 is 0.345 bits per heavy atom. The molecule has 0 N–H and O–H groups in total. The summed E-state index contributed by atoms with van der Waals surface area (Å²) in [5.41, 5.74) is 12.6. The first-order valence-electron chi connectivity index (χ1n) is 18.3. The third-order valence-corrected chi connectivity index (χ3v) is 10.1. The highest BCUT2D eigenvalue weighted by molar-refractivity contribution is 6.05. The van der Waals surface area contributed by atoms with E-state index in [1.165, 1.54) is 0 Å². The maximum Gasteiger partial charge on any atom is 0.164 e. The van der Waals surface area contributed by atoms with Gasteiger partial charge in [-0.25, -0.2) is 24.9 Å². The molecule has 10 rings (SSSR count). The van der Waals surface area contributed by atoms with Crippen LogP contribution in [0.15, 0.2) is 176 Å². The van der Waals surface area contributed by atoms with Crippen LogP contribution in [-0.4, -0.2) is 29.9 Å². The second-order valence-corrected chi connectivity index (χ2v) is 13.6. The predicted octanol–water partition coefficient (Wildman–Crippen LogP) is 11.8. The van der Waals surface area contributed by atoms with Crippen LogP contribution in [0.3, 0.4) is 0 Å². The van der Waals surface area contributed by atoms with E-state index in [2.05, 4.69) is 110 Å². The zero-order valence-corrected chi connectivity index (χ0v) is 29.9. The largest absolute Gasteiger partial charge is 0.256 e. The lowest BCUT2D eigenvalue weighted by atomic mass is 10.00. The zero-order valence-electron chi connectivity index (χ0n) is 29.9. The molecular formula is C49H32N6. The minimum absolute atomic E-state index is 0.596. The molecule has 6 aromatic carbocycles. The van der Waals surface area contributed by atoms with Crippen LogP contribution in [0.1, 0.15) is 5.56 Å². The van der Waals surface area contributed by atoms with Crippen LogP contribution in [0.4, 0.5) is 0 Å². The fourth-order valence-electron chi connectivity index (χ4n) is 7.26. The number of rotatable bonds is 6. The summed E-state index contributed by atoms with van der Waals surface area (Å²) in [5, 5.41) is 3.25. The summed E-state index contributed by atoms with van der Waals surface area (Å²) in [7, 11) is 0. The molecule has 0 radical (unpaired) electrons. The number of hydrogen-bond donors (Lipinski definition) is 0. The summed E-state index contributed by atoms with van der Waals surface area (Å²) < 4.78 is 0. The minimum Gasteiger partial charge on any atom is -0.256 e. The number of pyridine rings is 3. The van der Waals surface area contributed by atoms with Crippen LogP contribution in [0.5, 0.6) is 0 Å². The van der Waals surface area contributed by atoms with E-state index >= 15 is 0 Å². The lowest BCUT2D eigenvalue weighted by molar-refractivity contribution is 1.07. The molecule has 6 nitrogen and oxygen atoms in total. The molecule has 0 atom stereocenters. The van der Waals surface area contributed by atoms with Crippen molar-refractivity contribution >= 4 is 32.7 Å². The molecule has 4 aromatic heterocycles. The van der Waals surface area contributed by atoms with Gasteiger partial charge in [-0.1, -0.05) is 146 Å². The van der Waals surface area contributed by atoms with Crippen molar-refractivity contribution in [3.63, 3.8) is 0 Å². The van der Waals surface area contributed by atoms with E-state index in [0.29, 0.717) is 17.5 Å². The van der Waals surface area contributed by atoms with E-state index in [4.69, 9.17) is 29.9 Å². The van der Waals surface area contributed by atoms with Crippen LogP contribution in [0.2, 0.25) is 0 Å². The van der Waals surface area contributed by atoms with Gasteiger partial charge in [0.2, 0.25) is 0 Å². The Hall–Kier alpha value is -7.44. The highest BCUT2D eigenvalue weighted by Gasteiger charge is 2.15. The van der Waals surface area contributed by atoms with Gasteiger partial charge in [0.1, 0.15) is 0 Å². The van der Waals surface area contributed by atoms with Crippen molar-refractivity contribution in [1.82, 2.24) is 29.9 Å². The van der Waals surface area contributed by atoms with Crippen molar-refractivity contribution in [2.75, 3.05) is 0 Å². The summed E-state index contributed by atoms with van der Waals surface area (Å²) in [6.07, 6.45) is 1.84. The number of fused-ring (bicyclic) bond motifs is 4. The van der Waals surface area contributed by atoms with Crippen LogP contribution < -0.4 is 0 Å². The minimum atomic E-state index is 0.596. The fourth-order valence-corrected chi connectivity index (χ4v) is 7.26. The molecule has 0 saturated carbocycles.